The van der Waals surface area contributed by atoms with Gasteiger partial charge in [-0.05, 0) is 71.6 Å². The van der Waals surface area contributed by atoms with Crippen LogP contribution in [-0.4, -0.2) is 31.7 Å². The Labute approximate surface area is 172 Å². The van der Waals surface area contributed by atoms with Crippen LogP contribution in [-0.2, 0) is 10.0 Å². The lowest BCUT2D eigenvalue weighted by Gasteiger charge is -2.26. The zero-order chi connectivity index (χ0) is 19.6. The smallest absolute Gasteiger partial charge is 0.255 e. The van der Waals surface area contributed by atoms with Crippen LogP contribution in [0.15, 0.2) is 45.8 Å². The summed E-state index contributed by atoms with van der Waals surface area (Å²) in [4.78, 5) is 12.9. The highest BCUT2D eigenvalue weighted by atomic mass is 79.9. The molecule has 0 atom stereocenters. The second-order valence-electron chi connectivity index (χ2n) is 6.52. The molecule has 1 amide bonds. The van der Waals surface area contributed by atoms with Gasteiger partial charge < -0.3 is 5.32 Å². The van der Waals surface area contributed by atoms with Crippen molar-refractivity contribution in [2.45, 2.75) is 31.1 Å². The lowest BCUT2D eigenvalue weighted by Crippen LogP contribution is -2.35. The fraction of sp³-hybridized carbons (Fsp3) is 0.316. The van der Waals surface area contributed by atoms with E-state index in [4.69, 9.17) is 11.6 Å². The van der Waals surface area contributed by atoms with Gasteiger partial charge in [0.25, 0.3) is 5.91 Å². The van der Waals surface area contributed by atoms with Crippen molar-refractivity contribution in [2.75, 3.05) is 18.4 Å². The van der Waals surface area contributed by atoms with Crippen LogP contribution >= 0.6 is 27.5 Å². The van der Waals surface area contributed by atoms with Gasteiger partial charge in [-0.15, -0.1) is 0 Å². The van der Waals surface area contributed by atoms with Crippen molar-refractivity contribution in [3.05, 3.63) is 57.0 Å². The summed E-state index contributed by atoms with van der Waals surface area (Å²) >= 11 is 9.37. The highest BCUT2D eigenvalue weighted by Gasteiger charge is 2.27. The van der Waals surface area contributed by atoms with Crippen LogP contribution in [0.5, 0.6) is 0 Å². The number of carbonyl (C=O) groups is 1. The predicted octanol–water partition coefficient (Wildman–Crippen LogP) is 4.84. The number of hydrogen-bond donors (Lipinski definition) is 1. The number of anilines is 1. The average Bonchev–Trinajstić information content (AvgIpc) is 2.65. The number of rotatable bonds is 4. The number of nitrogens with zero attached hydrogens (tertiary/aromatic N) is 1. The molecular formula is C19H20BrClN2O3S. The first-order valence-electron chi connectivity index (χ1n) is 8.66. The number of amides is 1. The second-order valence-corrected chi connectivity index (χ2v) is 9.72. The number of halogens is 2. The van der Waals surface area contributed by atoms with Gasteiger partial charge in [0, 0.05) is 28.8 Å². The summed E-state index contributed by atoms with van der Waals surface area (Å²) < 4.78 is 28.0. The zero-order valence-electron chi connectivity index (χ0n) is 14.8. The maximum Gasteiger partial charge on any atom is 0.255 e. The molecule has 27 heavy (non-hydrogen) atoms. The summed E-state index contributed by atoms with van der Waals surface area (Å²) in [6.45, 7) is 2.82. The van der Waals surface area contributed by atoms with Gasteiger partial charge in [0.15, 0.2) is 0 Å². The number of nitrogens with one attached hydrogen (secondary N) is 1. The summed E-state index contributed by atoms with van der Waals surface area (Å²) in [6.07, 6.45) is 2.77. The zero-order valence-corrected chi connectivity index (χ0v) is 18.0. The Bertz CT molecular complexity index is 973. The number of piperidine rings is 1. The molecule has 2 aromatic rings. The average molecular weight is 472 g/mol. The van der Waals surface area contributed by atoms with E-state index < -0.39 is 10.0 Å². The molecular weight excluding hydrogens is 452 g/mol. The van der Waals surface area contributed by atoms with E-state index in [-0.39, 0.29) is 10.8 Å². The number of carbonyl (C=O) groups excluding carboxylic acids is 1. The van der Waals surface area contributed by atoms with Crippen LogP contribution in [0.3, 0.4) is 0 Å². The lowest BCUT2D eigenvalue weighted by atomic mass is 10.1. The van der Waals surface area contributed by atoms with Crippen molar-refractivity contribution in [1.29, 1.82) is 0 Å². The van der Waals surface area contributed by atoms with Crippen LogP contribution in [0.2, 0.25) is 5.02 Å². The molecule has 3 rings (SSSR count). The minimum Gasteiger partial charge on any atom is -0.322 e. The number of sulfonamides is 1. The maximum atomic E-state index is 12.9. The highest BCUT2D eigenvalue weighted by molar-refractivity contribution is 9.10. The van der Waals surface area contributed by atoms with Gasteiger partial charge in [-0.25, -0.2) is 8.42 Å². The van der Waals surface area contributed by atoms with Crippen LogP contribution < -0.4 is 5.32 Å². The molecule has 0 radical (unpaired) electrons. The molecule has 2 aromatic carbocycles. The molecule has 1 fully saturated rings. The van der Waals surface area contributed by atoms with E-state index in [1.54, 1.807) is 37.3 Å². The Morgan fingerprint density at radius 1 is 1.11 bits per heavy atom. The van der Waals surface area contributed by atoms with Gasteiger partial charge in [-0.3, -0.25) is 4.79 Å². The van der Waals surface area contributed by atoms with E-state index in [2.05, 4.69) is 21.2 Å². The minimum absolute atomic E-state index is 0.147. The molecule has 144 valence electrons. The maximum absolute atomic E-state index is 12.9. The monoisotopic (exact) mass is 470 g/mol. The quantitative estimate of drug-likeness (QED) is 0.694. The predicted molar refractivity (Wildman–Crippen MR) is 111 cm³/mol. The Hall–Kier alpha value is -1.41. The molecule has 8 heteroatoms. The van der Waals surface area contributed by atoms with Crippen molar-refractivity contribution in [2.24, 2.45) is 0 Å². The molecule has 0 saturated carbocycles. The Balaban J connectivity index is 1.88. The van der Waals surface area contributed by atoms with E-state index in [1.807, 2.05) is 0 Å². The van der Waals surface area contributed by atoms with E-state index in [9.17, 15) is 13.2 Å². The Morgan fingerprint density at radius 2 is 1.81 bits per heavy atom. The topological polar surface area (TPSA) is 66.5 Å². The van der Waals surface area contributed by atoms with Crippen molar-refractivity contribution in [3.8, 4) is 0 Å². The third-order valence-electron chi connectivity index (χ3n) is 4.58. The van der Waals surface area contributed by atoms with E-state index in [0.29, 0.717) is 34.9 Å². The first-order valence-corrected chi connectivity index (χ1v) is 11.3. The third-order valence-corrected chi connectivity index (χ3v) is 7.71. The van der Waals surface area contributed by atoms with Gasteiger partial charge in [-0.2, -0.15) is 4.31 Å². The molecule has 5 nitrogen and oxygen atoms in total. The van der Waals surface area contributed by atoms with Gasteiger partial charge in [0.05, 0.1) is 9.92 Å². The van der Waals surface area contributed by atoms with Crippen molar-refractivity contribution < 1.29 is 13.2 Å². The molecule has 0 spiro atoms. The third kappa shape index (κ3) is 4.54. The lowest BCUT2D eigenvalue weighted by molar-refractivity contribution is 0.102. The summed E-state index contributed by atoms with van der Waals surface area (Å²) in [5.41, 5.74) is 1.57. The molecule has 0 aromatic heterocycles. The fourth-order valence-corrected chi connectivity index (χ4v) is 5.00. The van der Waals surface area contributed by atoms with Crippen LogP contribution in [0, 0.1) is 6.92 Å². The van der Waals surface area contributed by atoms with E-state index >= 15 is 0 Å². The van der Waals surface area contributed by atoms with Crippen LogP contribution in [0.25, 0.3) is 0 Å². The van der Waals surface area contributed by atoms with Gasteiger partial charge in [0.2, 0.25) is 10.0 Å². The van der Waals surface area contributed by atoms with Gasteiger partial charge in [-0.1, -0.05) is 24.1 Å². The van der Waals surface area contributed by atoms with Crippen molar-refractivity contribution in [3.63, 3.8) is 0 Å². The molecule has 0 bridgehead atoms. The highest BCUT2D eigenvalue weighted by Crippen LogP contribution is 2.27. The van der Waals surface area contributed by atoms with Gasteiger partial charge in [0.1, 0.15) is 0 Å². The largest absolute Gasteiger partial charge is 0.322 e. The SMILES string of the molecule is Cc1ccc(S(=O)(=O)N2CCCCC2)cc1C(=O)Nc1ccc(Br)c(Cl)c1. The standard InChI is InChI=1S/C19H20BrClN2O3S/c1-13-5-7-15(27(25,26)23-9-3-2-4-10-23)12-16(13)19(24)22-14-6-8-17(20)18(21)11-14/h5-8,11-12H,2-4,9-10H2,1H3,(H,22,24). The number of aryl methyl sites for hydroxylation is 1. The molecule has 1 N–H and O–H groups in total. The van der Waals surface area contributed by atoms with Crippen molar-refractivity contribution >= 4 is 49.1 Å². The molecule has 1 heterocycles. The normalized spacial score (nSPS) is 15.5. The first-order chi connectivity index (χ1) is 12.8. The van der Waals surface area contributed by atoms with Crippen molar-refractivity contribution in [1.82, 2.24) is 4.31 Å². The minimum atomic E-state index is -3.59. The van der Waals surface area contributed by atoms with E-state index in [1.165, 1.54) is 10.4 Å². The molecule has 0 aliphatic carbocycles. The molecule has 1 aliphatic rings. The molecule has 0 unspecified atom stereocenters. The Kier molecular flexibility index (Phi) is 6.25. The first kappa shape index (κ1) is 20.3. The van der Waals surface area contributed by atoms with Crippen LogP contribution in [0.4, 0.5) is 5.69 Å². The Morgan fingerprint density at radius 3 is 2.48 bits per heavy atom. The summed E-state index contributed by atoms with van der Waals surface area (Å²) in [5, 5.41) is 3.25. The number of hydrogen-bond acceptors (Lipinski definition) is 3. The molecule has 1 aliphatic heterocycles. The van der Waals surface area contributed by atoms with Crippen LogP contribution in [0.1, 0.15) is 35.2 Å². The summed E-state index contributed by atoms with van der Waals surface area (Å²) in [5.74, 6) is -0.374. The van der Waals surface area contributed by atoms with E-state index in [0.717, 1.165) is 23.7 Å². The second kappa shape index (κ2) is 8.31. The fourth-order valence-electron chi connectivity index (χ4n) is 3.03. The molecule has 1 saturated heterocycles. The summed E-state index contributed by atoms with van der Waals surface area (Å²) in [6, 6.07) is 9.77. The van der Waals surface area contributed by atoms with Gasteiger partial charge >= 0.3 is 0 Å². The summed E-state index contributed by atoms with van der Waals surface area (Å²) in [7, 11) is -3.59. The number of benzene rings is 2.